The second-order valence-corrected chi connectivity index (χ2v) is 8.79. The molecule has 0 aromatic carbocycles. The summed E-state index contributed by atoms with van der Waals surface area (Å²) in [7, 11) is -3.93. The van der Waals surface area contributed by atoms with Crippen LogP contribution in [0.2, 0.25) is 0 Å². The Morgan fingerprint density at radius 1 is 0.957 bits per heavy atom. The van der Waals surface area contributed by atoms with E-state index in [0.29, 0.717) is 0 Å². The Labute approximate surface area is 138 Å². The molecule has 0 aliphatic rings. The molecule has 0 aliphatic carbocycles. The van der Waals surface area contributed by atoms with Gasteiger partial charge >= 0.3 is 12.1 Å². The van der Waals surface area contributed by atoms with E-state index >= 15 is 0 Å². The summed E-state index contributed by atoms with van der Waals surface area (Å²) in [6, 6.07) is -0.977. The van der Waals surface area contributed by atoms with Crippen molar-refractivity contribution in [3.05, 3.63) is 0 Å². The van der Waals surface area contributed by atoms with Gasteiger partial charge in [0.25, 0.3) is 10.1 Å². The summed E-state index contributed by atoms with van der Waals surface area (Å²) in [5.41, 5.74) is -1.56. The topological polar surface area (TPSA) is 108 Å². The molecule has 8 nitrogen and oxygen atoms in total. The van der Waals surface area contributed by atoms with E-state index in [0.717, 1.165) is 6.26 Å². The minimum atomic E-state index is -3.93. The molecule has 0 saturated carbocycles. The Kier molecular flexibility index (Phi) is 7.04. The fraction of sp³-hybridized carbons (Fsp3) is 0.857. The third-order valence-corrected chi connectivity index (χ3v) is 2.67. The number of carbonyl (C=O) groups excluding carboxylic acids is 2. The van der Waals surface area contributed by atoms with Crippen molar-refractivity contribution in [2.75, 3.05) is 6.26 Å². The number of hydrogen-bond acceptors (Lipinski definition) is 7. The van der Waals surface area contributed by atoms with Gasteiger partial charge in [0.15, 0.2) is 6.10 Å². The Hall–Kier alpha value is -1.35. The van der Waals surface area contributed by atoms with E-state index in [1.54, 1.807) is 41.5 Å². The number of rotatable bonds is 5. The molecule has 0 bridgehead atoms. The zero-order valence-electron chi connectivity index (χ0n) is 14.9. The van der Waals surface area contributed by atoms with E-state index in [1.807, 2.05) is 0 Å². The van der Waals surface area contributed by atoms with E-state index in [4.69, 9.17) is 13.7 Å². The van der Waals surface area contributed by atoms with Gasteiger partial charge in [0.2, 0.25) is 0 Å². The first kappa shape index (κ1) is 21.6. The number of ether oxygens (including phenoxy) is 2. The first-order valence-corrected chi connectivity index (χ1v) is 8.92. The van der Waals surface area contributed by atoms with Gasteiger partial charge in [-0.15, -0.1) is 0 Å². The van der Waals surface area contributed by atoms with Gasteiger partial charge in [0.1, 0.15) is 11.2 Å². The predicted octanol–water partition coefficient (Wildman–Crippen LogP) is 1.59. The predicted molar refractivity (Wildman–Crippen MR) is 84.4 cm³/mol. The molecule has 0 heterocycles. The van der Waals surface area contributed by atoms with Crippen LogP contribution in [-0.2, 0) is 28.6 Å². The van der Waals surface area contributed by atoms with Gasteiger partial charge in [-0.1, -0.05) is 0 Å². The molecule has 0 unspecified atom stereocenters. The molecule has 0 aliphatic heterocycles. The Balaban J connectivity index is 5.13. The van der Waals surface area contributed by atoms with Crippen LogP contribution >= 0.6 is 0 Å². The molecule has 0 saturated heterocycles. The summed E-state index contributed by atoms with van der Waals surface area (Å²) < 4.78 is 37.7. The van der Waals surface area contributed by atoms with E-state index in [1.165, 1.54) is 6.92 Å². The summed E-state index contributed by atoms with van der Waals surface area (Å²) >= 11 is 0. The van der Waals surface area contributed by atoms with Crippen LogP contribution in [0.15, 0.2) is 0 Å². The average molecular weight is 353 g/mol. The highest BCUT2D eigenvalue weighted by Gasteiger charge is 2.35. The second kappa shape index (κ2) is 7.48. The van der Waals surface area contributed by atoms with Gasteiger partial charge < -0.3 is 14.8 Å². The van der Waals surface area contributed by atoms with Gasteiger partial charge in [0.05, 0.1) is 12.3 Å². The van der Waals surface area contributed by atoms with Crippen LogP contribution in [0.3, 0.4) is 0 Å². The summed E-state index contributed by atoms with van der Waals surface area (Å²) in [5.74, 6) is -0.897. The highest BCUT2D eigenvalue weighted by Crippen LogP contribution is 2.14. The molecule has 0 spiro atoms. The zero-order valence-corrected chi connectivity index (χ0v) is 15.7. The monoisotopic (exact) mass is 353 g/mol. The van der Waals surface area contributed by atoms with Gasteiger partial charge in [-0.25, -0.2) is 9.59 Å². The van der Waals surface area contributed by atoms with Crippen LogP contribution < -0.4 is 5.32 Å². The van der Waals surface area contributed by atoms with Crippen molar-refractivity contribution in [3.8, 4) is 0 Å². The largest absolute Gasteiger partial charge is 0.458 e. The number of alkyl carbamates (subject to hydrolysis) is 1. The summed E-state index contributed by atoms with van der Waals surface area (Å²) in [4.78, 5) is 23.9. The molecule has 1 N–H and O–H groups in total. The zero-order chi connectivity index (χ0) is 18.6. The maximum Gasteiger partial charge on any atom is 0.407 e. The van der Waals surface area contributed by atoms with Gasteiger partial charge in [-0.3, -0.25) is 4.18 Å². The molecular weight excluding hydrogens is 326 g/mol. The molecule has 9 heteroatoms. The van der Waals surface area contributed by atoms with Gasteiger partial charge in [-0.05, 0) is 48.5 Å². The van der Waals surface area contributed by atoms with E-state index in [9.17, 15) is 18.0 Å². The fourth-order valence-electron chi connectivity index (χ4n) is 1.44. The first-order chi connectivity index (χ1) is 10.0. The maximum absolute atomic E-state index is 12.1. The van der Waals surface area contributed by atoms with E-state index in [2.05, 4.69) is 5.32 Å². The highest BCUT2D eigenvalue weighted by molar-refractivity contribution is 7.86. The second-order valence-electron chi connectivity index (χ2n) is 7.19. The maximum atomic E-state index is 12.1. The van der Waals surface area contributed by atoms with Crippen molar-refractivity contribution in [2.24, 2.45) is 0 Å². The fourth-order valence-corrected chi connectivity index (χ4v) is 2.07. The first-order valence-electron chi connectivity index (χ1n) is 7.11. The lowest BCUT2D eigenvalue weighted by Gasteiger charge is -2.28. The van der Waals surface area contributed by atoms with Crippen molar-refractivity contribution in [3.63, 3.8) is 0 Å². The number of nitrogens with one attached hydrogen (secondary N) is 1. The third kappa shape index (κ3) is 10.9. The Morgan fingerprint density at radius 3 is 1.74 bits per heavy atom. The number of esters is 1. The standard InChI is InChI=1S/C14H27NO7S/c1-9(15-12(17)21-14(5,6)7)10(22-23(8,18)19)11(16)20-13(2,3)4/h9-10H,1-8H3,(H,15,17)/t9-,10-/m1/s1. The smallest absolute Gasteiger partial charge is 0.407 e. The molecule has 0 fully saturated rings. The Morgan fingerprint density at radius 2 is 1.39 bits per heavy atom. The molecule has 23 heavy (non-hydrogen) atoms. The molecule has 2 atom stereocenters. The van der Waals surface area contributed by atoms with Crippen molar-refractivity contribution >= 4 is 22.2 Å². The van der Waals surface area contributed by atoms with E-state index < -0.39 is 45.5 Å². The van der Waals surface area contributed by atoms with E-state index in [-0.39, 0.29) is 0 Å². The summed E-state index contributed by atoms with van der Waals surface area (Å²) in [6.45, 7) is 11.3. The quantitative estimate of drug-likeness (QED) is 0.590. The lowest BCUT2D eigenvalue weighted by Crippen LogP contribution is -2.50. The Bertz CT molecular complexity index is 528. The van der Waals surface area contributed by atoms with Crippen LogP contribution in [-0.4, -0.2) is 50.1 Å². The van der Waals surface area contributed by atoms with Gasteiger partial charge in [-0.2, -0.15) is 8.42 Å². The molecule has 1 amide bonds. The highest BCUT2D eigenvalue weighted by atomic mass is 32.2. The van der Waals surface area contributed by atoms with Crippen molar-refractivity contribution in [1.29, 1.82) is 0 Å². The van der Waals surface area contributed by atoms with Crippen LogP contribution in [0.5, 0.6) is 0 Å². The molecule has 136 valence electrons. The number of carbonyl (C=O) groups is 2. The molecule has 0 aromatic heterocycles. The lowest BCUT2D eigenvalue weighted by atomic mass is 10.1. The van der Waals surface area contributed by atoms with Crippen molar-refractivity contribution < 1.29 is 31.7 Å². The molecule has 0 rings (SSSR count). The van der Waals surface area contributed by atoms with Crippen LogP contribution in [0.1, 0.15) is 48.5 Å². The van der Waals surface area contributed by atoms with Crippen molar-refractivity contribution in [1.82, 2.24) is 5.32 Å². The molecule has 0 radical (unpaired) electrons. The number of hydrogen-bond donors (Lipinski definition) is 1. The van der Waals surface area contributed by atoms with Crippen LogP contribution in [0, 0.1) is 0 Å². The van der Waals surface area contributed by atoms with Gasteiger partial charge in [0, 0.05) is 0 Å². The SMILES string of the molecule is C[C@@H](NC(=O)OC(C)(C)C)[C@@H](OS(C)(=O)=O)C(=O)OC(C)(C)C. The molecular formula is C14H27NO7S. The normalized spacial score (nSPS) is 15.5. The summed E-state index contributed by atoms with van der Waals surface area (Å²) in [5, 5.41) is 2.37. The van der Waals surface area contributed by atoms with Crippen molar-refractivity contribution in [2.45, 2.75) is 71.8 Å². The minimum absolute atomic E-state index is 0.733. The summed E-state index contributed by atoms with van der Waals surface area (Å²) in [6.07, 6.45) is -1.50. The van der Waals surface area contributed by atoms with Crippen LogP contribution in [0.25, 0.3) is 0 Å². The van der Waals surface area contributed by atoms with Crippen LogP contribution in [0.4, 0.5) is 4.79 Å². The minimum Gasteiger partial charge on any atom is -0.458 e. The lowest BCUT2D eigenvalue weighted by molar-refractivity contribution is -0.164. The average Bonchev–Trinajstić information content (AvgIpc) is 2.18. The molecule has 0 aromatic rings. The third-order valence-electron chi connectivity index (χ3n) is 2.12. The number of amides is 1.